The number of carbonyl (C=O) groups excluding carboxylic acids is 3. The summed E-state index contributed by atoms with van der Waals surface area (Å²) in [5, 5.41) is 34.6. The van der Waals surface area contributed by atoms with Gasteiger partial charge in [0.2, 0.25) is 17.7 Å². The molecule has 0 rings (SSSR count). The molecule has 0 aromatic heterocycles. The molecule has 0 spiro atoms. The molecule has 14 heteroatoms. The Bertz CT molecular complexity index is 677. The van der Waals surface area contributed by atoms with E-state index >= 15 is 0 Å². The molecule has 12 N–H and O–H groups in total. The van der Waals surface area contributed by atoms with E-state index in [1.165, 1.54) is 0 Å². The highest BCUT2D eigenvalue weighted by molar-refractivity contribution is 5.94. The number of aliphatic hydroxyl groups excluding tert-OH is 1. The highest BCUT2D eigenvalue weighted by Gasteiger charge is 2.29. The maximum Gasteiger partial charge on any atom is 0.326 e. The van der Waals surface area contributed by atoms with Gasteiger partial charge in [-0.05, 0) is 58.0 Å². The third kappa shape index (κ3) is 13.0. The maximum atomic E-state index is 12.8. The second kappa shape index (κ2) is 17.6. The average Bonchev–Trinajstić information content (AvgIpc) is 2.79. The number of aliphatic hydroxyl groups is 1. The van der Waals surface area contributed by atoms with Crippen molar-refractivity contribution in [2.75, 3.05) is 19.7 Å². The zero-order valence-electron chi connectivity index (χ0n) is 19.2. The van der Waals surface area contributed by atoms with Crippen molar-refractivity contribution in [2.45, 2.75) is 75.5 Å². The quantitative estimate of drug-likeness (QED) is 0.0822. The molecule has 0 saturated carbocycles. The van der Waals surface area contributed by atoms with Crippen LogP contribution in [-0.4, -0.2) is 88.8 Å². The van der Waals surface area contributed by atoms with Gasteiger partial charge in [-0.2, -0.15) is 0 Å². The number of unbranched alkanes of at least 4 members (excludes halogenated alkanes) is 2. The van der Waals surface area contributed by atoms with Gasteiger partial charge in [-0.3, -0.25) is 19.2 Å². The van der Waals surface area contributed by atoms with Crippen molar-refractivity contribution in [3.8, 4) is 0 Å². The zero-order chi connectivity index (χ0) is 26.1. The van der Waals surface area contributed by atoms with Crippen LogP contribution in [0, 0.1) is 0 Å². The summed E-state index contributed by atoms with van der Waals surface area (Å²) < 4.78 is 0. The van der Waals surface area contributed by atoms with E-state index in [2.05, 4.69) is 16.0 Å². The predicted octanol–water partition coefficient (Wildman–Crippen LogP) is -3.03. The average molecular weight is 491 g/mol. The third-order valence-electron chi connectivity index (χ3n) is 4.96. The van der Waals surface area contributed by atoms with Gasteiger partial charge in [-0.1, -0.05) is 0 Å². The van der Waals surface area contributed by atoms with Crippen LogP contribution in [-0.2, 0) is 24.0 Å². The smallest absolute Gasteiger partial charge is 0.326 e. The number of carboxylic acids is 2. The lowest BCUT2D eigenvalue weighted by Gasteiger charge is -2.24. The van der Waals surface area contributed by atoms with E-state index < -0.39 is 60.4 Å². The molecule has 14 nitrogen and oxygen atoms in total. The molecule has 0 aromatic carbocycles. The van der Waals surface area contributed by atoms with Crippen molar-refractivity contribution >= 4 is 29.7 Å². The molecule has 0 heterocycles. The summed E-state index contributed by atoms with van der Waals surface area (Å²) in [5.74, 6) is -4.83. The molecular weight excluding hydrogens is 452 g/mol. The Labute approximate surface area is 198 Å². The summed E-state index contributed by atoms with van der Waals surface area (Å²) >= 11 is 0. The van der Waals surface area contributed by atoms with E-state index in [-0.39, 0.29) is 25.7 Å². The van der Waals surface area contributed by atoms with Gasteiger partial charge in [0.15, 0.2) is 0 Å². The van der Waals surface area contributed by atoms with Crippen molar-refractivity contribution in [2.24, 2.45) is 17.2 Å². The van der Waals surface area contributed by atoms with Crippen LogP contribution in [0.25, 0.3) is 0 Å². The third-order valence-corrected chi connectivity index (χ3v) is 4.96. The van der Waals surface area contributed by atoms with Gasteiger partial charge in [-0.15, -0.1) is 0 Å². The van der Waals surface area contributed by atoms with E-state index in [0.29, 0.717) is 38.8 Å². The van der Waals surface area contributed by atoms with E-state index in [0.717, 1.165) is 0 Å². The number of hydrogen-bond acceptors (Lipinski definition) is 9. The first-order valence-corrected chi connectivity index (χ1v) is 11.2. The highest BCUT2D eigenvalue weighted by Crippen LogP contribution is 2.05. The highest BCUT2D eigenvalue weighted by atomic mass is 16.4. The van der Waals surface area contributed by atoms with E-state index in [1.54, 1.807) is 0 Å². The minimum atomic E-state index is -1.46. The Hall–Kier alpha value is -2.81. The first-order valence-electron chi connectivity index (χ1n) is 11.2. The Morgan fingerprint density at radius 1 is 0.676 bits per heavy atom. The summed E-state index contributed by atoms with van der Waals surface area (Å²) in [6.07, 6.45) is 1.84. The Kier molecular flexibility index (Phi) is 16.2. The van der Waals surface area contributed by atoms with Crippen molar-refractivity contribution in [3.05, 3.63) is 0 Å². The fourth-order valence-corrected chi connectivity index (χ4v) is 2.94. The van der Waals surface area contributed by atoms with Gasteiger partial charge in [0.25, 0.3) is 0 Å². The molecule has 4 unspecified atom stereocenters. The van der Waals surface area contributed by atoms with Gasteiger partial charge >= 0.3 is 11.9 Å². The summed E-state index contributed by atoms with van der Waals surface area (Å²) in [4.78, 5) is 59.6. The largest absolute Gasteiger partial charge is 0.481 e. The number of nitrogens with two attached hydrogens (primary N) is 3. The molecule has 4 atom stereocenters. The SMILES string of the molecule is NCCCCC(NC(=O)C(CO)NC(=O)C(CCCCN)NC(=O)C(N)CCC(=O)O)C(=O)O. The van der Waals surface area contributed by atoms with Gasteiger partial charge in [-0.25, -0.2) is 4.79 Å². The first-order chi connectivity index (χ1) is 16.1. The lowest BCUT2D eigenvalue weighted by molar-refractivity contribution is -0.143. The number of carboxylic acid groups (broad SMARTS) is 2. The van der Waals surface area contributed by atoms with E-state index in [1.807, 2.05) is 0 Å². The number of rotatable bonds is 19. The fraction of sp³-hybridized carbons (Fsp3) is 0.750. The van der Waals surface area contributed by atoms with Crippen LogP contribution in [0.2, 0.25) is 0 Å². The van der Waals surface area contributed by atoms with Crippen LogP contribution < -0.4 is 33.2 Å². The molecule has 3 amide bonds. The molecule has 0 saturated heterocycles. The molecule has 0 aliphatic rings. The zero-order valence-corrected chi connectivity index (χ0v) is 19.2. The van der Waals surface area contributed by atoms with Crippen LogP contribution >= 0.6 is 0 Å². The molecular formula is C20H38N6O8. The predicted molar refractivity (Wildman–Crippen MR) is 121 cm³/mol. The monoisotopic (exact) mass is 490 g/mol. The lowest BCUT2D eigenvalue weighted by atomic mass is 10.1. The van der Waals surface area contributed by atoms with Crippen molar-refractivity contribution in [3.63, 3.8) is 0 Å². The second-order valence-electron chi connectivity index (χ2n) is 7.81. The first kappa shape index (κ1) is 31.2. The summed E-state index contributed by atoms with van der Waals surface area (Å²) in [6.45, 7) is -0.0933. The lowest BCUT2D eigenvalue weighted by Crippen LogP contribution is -2.58. The van der Waals surface area contributed by atoms with Gasteiger partial charge < -0.3 is 48.5 Å². The number of nitrogens with one attached hydrogen (secondary N) is 3. The van der Waals surface area contributed by atoms with Crippen molar-refractivity contribution in [1.82, 2.24) is 16.0 Å². The molecule has 0 bridgehead atoms. The molecule has 34 heavy (non-hydrogen) atoms. The van der Waals surface area contributed by atoms with Gasteiger partial charge in [0, 0.05) is 6.42 Å². The summed E-state index contributed by atoms with van der Waals surface area (Å²) in [5.41, 5.74) is 16.5. The maximum absolute atomic E-state index is 12.8. The normalized spacial score (nSPS) is 14.4. The Morgan fingerprint density at radius 3 is 1.62 bits per heavy atom. The minimum Gasteiger partial charge on any atom is -0.481 e. The topological polar surface area (TPSA) is 260 Å². The number of hydrogen-bond donors (Lipinski definition) is 9. The minimum absolute atomic E-state index is 0.121. The standard InChI is InChI=1S/C20H38N6O8/c21-9-3-1-5-13(24-17(30)12(23)7-8-16(28)29)18(31)26-15(11-27)19(32)25-14(20(33)34)6-2-4-10-22/h12-15,27H,1-11,21-23H2,(H,24,30)(H,25,32)(H,26,31)(H,28,29)(H,33,34). The second-order valence-corrected chi connectivity index (χ2v) is 7.81. The number of aliphatic carboxylic acids is 2. The Balaban J connectivity index is 5.19. The van der Waals surface area contributed by atoms with Crippen LogP contribution in [0.4, 0.5) is 0 Å². The molecule has 0 aliphatic heterocycles. The summed E-state index contributed by atoms with van der Waals surface area (Å²) in [6, 6.07) is -4.98. The van der Waals surface area contributed by atoms with Crippen LogP contribution in [0.15, 0.2) is 0 Å². The molecule has 0 aromatic rings. The van der Waals surface area contributed by atoms with Crippen LogP contribution in [0.1, 0.15) is 51.4 Å². The van der Waals surface area contributed by atoms with E-state index in [9.17, 15) is 34.2 Å². The van der Waals surface area contributed by atoms with Crippen LogP contribution in [0.5, 0.6) is 0 Å². The summed E-state index contributed by atoms with van der Waals surface area (Å²) in [7, 11) is 0. The molecule has 0 aliphatic carbocycles. The fourth-order valence-electron chi connectivity index (χ4n) is 2.94. The number of amides is 3. The van der Waals surface area contributed by atoms with Gasteiger partial charge in [0.05, 0.1) is 12.6 Å². The molecule has 0 fully saturated rings. The van der Waals surface area contributed by atoms with Crippen LogP contribution in [0.3, 0.4) is 0 Å². The molecule has 196 valence electrons. The molecule has 0 radical (unpaired) electrons. The van der Waals surface area contributed by atoms with Gasteiger partial charge in [0.1, 0.15) is 18.1 Å². The Morgan fingerprint density at radius 2 is 1.15 bits per heavy atom. The van der Waals surface area contributed by atoms with Crippen molar-refractivity contribution < 1.29 is 39.3 Å². The number of carbonyl (C=O) groups is 5. The van der Waals surface area contributed by atoms with Crippen molar-refractivity contribution in [1.29, 1.82) is 0 Å². The van der Waals surface area contributed by atoms with E-state index in [4.69, 9.17) is 22.3 Å².